The van der Waals surface area contributed by atoms with Gasteiger partial charge in [0, 0.05) is 18.9 Å². The molecule has 3 rings (SSSR count). The molecule has 7 nitrogen and oxygen atoms in total. The minimum absolute atomic E-state index is 0.00173. The summed E-state index contributed by atoms with van der Waals surface area (Å²) in [6, 6.07) is 6.30. The van der Waals surface area contributed by atoms with E-state index in [9.17, 15) is 19.2 Å². The van der Waals surface area contributed by atoms with Crippen LogP contribution in [0.1, 0.15) is 52.8 Å². The van der Waals surface area contributed by atoms with Gasteiger partial charge in [-0.3, -0.25) is 14.4 Å². The number of nitrogens with zero attached hydrogens (tertiary/aromatic N) is 1. The maximum absolute atomic E-state index is 12.1. The fourth-order valence-electron chi connectivity index (χ4n) is 3.02. The number of carbonyl (C=O) groups excluding carboxylic acids is 4. The number of carbonyl (C=O) groups is 4. The van der Waals surface area contributed by atoms with Crippen molar-refractivity contribution in [2.24, 2.45) is 5.92 Å². The number of amides is 3. The zero-order valence-corrected chi connectivity index (χ0v) is 14.3. The monoisotopic (exact) mass is 356 g/mol. The van der Waals surface area contributed by atoms with Crippen LogP contribution in [0.15, 0.2) is 36.4 Å². The number of hydrogen-bond acceptors (Lipinski definition) is 5. The topological polar surface area (TPSA) is 92.8 Å². The third-order valence-electron chi connectivity index (χ3n) is 4.45. The summed E-state index contributed by atoms with van der Waals surface area (Å²) in [7, 11) is 0. The highest BCUT2D eigenvalue weighted by molar-refractivity contribution is 6.20. The molecular weight excluding hydrogens is 336 g/mol. The Labute approximate surface area is 150 Å². The Bertz CT molecular complexity index is 736. The number of fused-ring (bicyclic) bond motifs is 1. The Kier molecular flexibility index (Phi) is 5.46. The average Bonchev–Trinajstić information content (AvgIpc) is 2.91. The van der Waals surface area contributed by atoms with E-state index in [1.807, 2.05) is 6.08 Å². The van der Waals surface area contributed by atoms with Crippen LogP contribution in [-0.2, 0) is 14.4 Å². The van der Waals surface area contributed by atoms with E-state index in [-0.39, 0.29) is 29.4 Å². The van der Waals surface area contributed by atoms with Crippen LogP contribution >= 0.6 is 0 Å². The molecule has 2 aliphatic rings. The molecular formula is C19H20N2O5. The second kappa shape index (κ2) is 7.95. The summed E-state index contributed by atoms with van der Waals surface area (Å²) in [6.45, 7) is 0.344. The largest absolute Gasteiger partial charge is 0.356 e. The van der Waals surface area contributed by atoms with Crippen LogP contribution < -0.4 is 5.32 Å². The van der Waals surface area contributed by atoms with Gasteiger partial charge in [0.15, 0.2) is 0 Å². The van der Waals surface area contributed by atoms with E-state index in [0.29, 0.717) is 18.0 Å². The smallest absolute Gasteiger partial charge is 0.333 e. The van der Waals surface area contributed by atoms with Gasteiger partial charge in [0.05, 0.1) is 11.1 Å². The minimum atomic E-state index is -0.686. The highest BCUT2D eigenvalue weighted by Crippen LogP contribution is 2.23. The van der Waals surface area contributed by atoms with Crippen molar-refractivity contribution in [2.75, 3.05) is 6.54 Å². The molecule has 26 heavy (non-hydrogen) atoms. The molecule has 1 aliphatic carbocycles. The standard InChI is InChI=1S/C19H20N2O5/c22-16(11-6-12-20-17(23)13-7-2-1-3-8-13)26-21-18(24)14-9-4-5-10-15(14)19(21)25/h1-2,4-5,9-10,13H,3,6-8,11-12H2,(H,20,23). The Morgan fingerprint density at radius 1 is 1.12 bits per heavy atom. The molecule has 1 atom stereocenters. The predicted octanol–water partition coefficient (Wildman–Crippen LogP) is 1.99. The molecule has 0 bridgehead atoms. The van der Waals surface area contributed by atoms with Crippen molar-refractivity contribution in [1.82, 2.24) is 10.4 Å². The van der Waals surface area contributed by atoms with Gasteiger partial charge in [-0.2, -0.15) is 0 Å². The lowest BCUT2D eigenvalue weighted by Crippen LogP contribution is -2.34. The van der Waals surface area contributed by atoms with Crippen LogP contribution in [0.4, 0.5) is 0 Å². The normalized spacial score (nSPS) is 18.6. The molecule has 0 saturated heterocycles. The van der Waals surface area contributed by atoms with Gasteiger partial charge in [-0.1, -0.05) is 29.3 Å². The molecule has 1 heterocycles. The summed E-state index contributed by atoms with van der Waals surface area (Å²) in [5.41, 5.74) is 0.443. The van der Waals surface area contributed by atoms with Crippen LogP contribution in [0.3, 0.4) is 0 Å². The number of hydrogen-bond donors (Lipinski definition) is 1. The average molecular weight is 356 g/mol. The summed E-state index contributed by atoms with van der Waals surface area (Å²) in [6.07, 6.45) is 6.93. The van der Waals surface area contributed by atoms with E-state index in [0.717, 1.165) is 19.3 Å². The third-order valence-corrected chi connectivity index (χ3v) is 4.45. The van der Waals surface area contributed by atoms with Gasteiger partial charge in [-0.25, -0.2) is 4.79 Å². The first-order valence-electron chi connectivity index (χ1n) is 8.69. The van der Waals surface area contributed by atoms with Crippen molar-refractivity contribution in [3.8, 4) is 0 Å². The quantitative estimate of drug-likeness (QED) is 0.478. The minimum Gasteiger partial charge on any atom is -0.356 e. The van der Waals surface area contributed by atoms with Gasteiger partial charge in [0.1, 0.15) is 0 Å². The molecule has 0 aromatic heterocycles. The summed E-state index contributed by atoms with van der Waals surface area (Å²) < 4.78 is 0. The highest BCUT2D eigenvalue weighted by atomic mass is 16.7. The summed E-state index contributed by atoms with van der Waals surface area (Å²) >= 11 is 0. The molecule has 0 fully saturated rings. The number of allylic oxidation sites excluding steroid dienone is 2. The van der Waals surface area contributed by atoms with Gasteiger partial charge in [0.2, 0.25) is 5.91 Å². The molecule has 0 radical (unpaired) electrons. The third kappa shape index (κ3) is 3.82. The number of hydroxylamine groups is 2. The second-order valence-corrected chi connectivity index (χ2v) is 6.29. The molecule has 3 amide bonds. The van der Waals surface area contributed by atoms with Crippen LogP contribution in [0.5, 0.6) is 0 Å². The number of nitrogens with one attached hydrogen (secondary N) is 1. The lowest BCUT2D eigenvalue weighted by Gasteiger charge is -2.17. The van der Waals surface area contributed by atoms with Gasteiger partial charge in [-0.15, -0.1) is 0 Å². The first-order valence-corrected chi connectivity index (χ1v) is 8.69. The molecule has 1 unspecified atom stereocenters. The van der Waals surface area contributed by atoms with Crippen LogP contribution in [0.2, 0.25) is 0 Å². The molecule has 1 N–H and O–H groups in total. The molecule has 1 aromatic carbocycles. The van der Waals surface area contributed by atoms with Crippen LogP contribution in [0, 0.1) is 5.92 Å². The fraction of sp³-hybridized carbons (Fsp3) is 0.368. The van der Waals surface area contributed by atoms with E-state index in [1.165, 1.54) is 12.1 Å². The van der Waals surface area contributed by atoms with Crippen molar-refractivity contribution >= 4 is 23.7 Å². The second-order valence-electron chi connectivity index (χ2n) is 6.29. The Morgan fingerprint density at radius 2 is 1.81 bits per heavy atom. The Hall–Kier alpha value is -2.96. The van der Waals surface area contributed by atoms with E-state index >= 15 is 0 Å². The van der Waals surface area contributed by atoms with E-state index in [1.54, 1.807) is 12.1 Å². The van der Waals surface area contributed by atoms with E-state index < -0.39 is 17.8 Å². The van der Waals surface area contributed by atoms with Crippen LogP contribution in [0.25, 0.3) is 0 Å². The van der Waals surface area contributed by atoms with Crippen molar-refractivity contribution in [3.63, 3.8) is 0 Å². The van der Waals surface area contributed by atoms with Crippen LogP contribution in [-0.4, -0.2) is 35.3 Å². The molecule has 1 aromatic rings. The van der Waals surface area contributed by atoms with Gasteiger partial charge < -0.3 is 10.2 Å². The zero-order valence-electron chi connectivity index (χ0n) is 14.3. The van der Waals surface area contributed by atoms with Crippen molar-refractivity contribution in [3.05, 3.63) is 47.5 Å². The predicted molar refractivity (Wildman–Crippen MR) is 91.8 cm³/mol. The highest BCUT2D eigenvalue weighted by Gasteiger charge is 2.38. The SMILES string of the molecule is O=C(CCCNC(=O)C1CC=CCC1)ON1C(=O)c2ccccc2C1=O. The zero-order chi connectivity index (χ0) is 18.5. The van der Waals surface area contributed by atoms with E-state index in [2.05, 4.69) is 11.4 Å². The summed E-state index contributed by atoms with van der Waals surface area (Å²) in [5, 5.41) is 3.30. The lowest BCUT2D eigenvalue weighted by molar-refractivity contribution is -0.168. The van der Waals surface area contributed by atoms with Gasteiger partial charge in [0.25, 0.3) is 11.8 Å². The van der Waals surface area contributed by atoms with E-state index in [4.69, 9.17) is 4.84 Å². The summed E-state index contributed by atoms with van der Waals surface area (Å²) in [5.74, 6) is -1.99. The fourth-order valence-corrected chi connectivity index (χ4v) is 3.02. The maximum Gasteiger partial charge on any atom is 0.333 e. The number of imide groups is 1. The maximum atomic E-state index is 12.1. The molecule has 0 saturated carbocycles. The Balaban J connectivity index is 1.41. The van der Waals surface area contributed by atoms with Crippen molar-refractivity contribution in [2.45, 2.75) is 32.1 Å². The Morgan fingerprint density at radius 3 is 2.42 bits per heavy atom. The first kappa shape index (κ1) is 17.8. The molecule has 136 valence electrons. The van der Waals surface area contributed by atoms with Crippen molar-refractivity contribution in [1.29, 1.82) is 0 Å². The molecule has 0 spiro atoms. The first-order chi connectivity index (χ1) is 12.6. The summed E-state index contributed by atoms with van der Waals surface area (Å²) in [4.78, 5) is 53.0. The van der Waals surface area contributed by atoms with Gasteiger partial charge >= 0.3 is 5.97 Å². The molecule has 1 aliphatic heterocycles. The number of rotatable bonds is 6. The number of benzene rings is 1. The van der Waals surface area contributed by atoms with Gasteiger partial charge in [-0.05, 0) is 37.8 Å². The van der Waals surface area contributed by atoms with Crippen molar-refractivity contribution < 1.29 is 24.0 Å². The molecule has 7 heteroatoms. The lowest BCUT2D eigenvalue weighted by atomic mass is 9.94.